The number of carbonyl (C=O) groups excluding carboxylic acids is 2. The van der Waals surface area contributed by atoms with Crippen LogP contribution >= 0.6 is 0 Å². The van der Waals surface area contributed by atoms with Gasteiger partial charge in [0.2, 0.25) is 5.91 Å². The topological polar surface area (TPSA) is 53.1 Å². The van der Waals surface area contributed by atoms with E-state index in [4.69, 9.17) is 4.74 Å². The summed E-state index contributed by atoms with van der Waals surface area (Å²) < 4.78 is 5.29. The van der Waals surface area contributed by atoms with Gasteiger partial charge in [-0.25, -0.2) is 4.79 Å². The lowest BCUT2D eigenvalue weighted by atomic mass is 9.93. The molecule has 26 heavy (non-hydrogen) atoms. The second-order valence-corrected chi connectivity index (χ2v) is 7.78. The van der Waals surface area contributed by atoms with Crippen molar-refractivity contribution in [3.8, 4) is 0 Å². The van der Waals surface area contributed by atoms with Crippen LogP contribution < -0.4 is 4.90 Å². The molecular weight excluding hydrogens is 330 g/mol. The van der Waals surface area contributed by atoms with Crippen LogP contribution in [0.4, 0.5) is 10.5 Å². The molecule has 140 valence electrons. The minimum absolute atomic E-state index is 0.153. The average molecular weight is 357 g/mol. The van der Waals surface area contributed by atoms with E-state index in [2.05, 4.69) is 36.9 Å². The SMILES string of the molecule is CCC12COC(=O)N1CCN(CC(=O)N1CCCc3cc(C)ccc31)C2. The van der Waals surface area contributed by atoms with Crippen LogP contribution in [0, 0.1) is 6.92 Å². The molecule has 0 aliphatic carbocycles. The number of aryl methyl sites for hydroxylation is 2. The molecule has 1 atom stereocenters. The van der Waals surface area contributed by atoms with Gasteiger partial charge in [-0.1, -0.05) is 24.6 Å². The zero-order valence-corrected chi connectivity index (χ0v) is 15.7. The molecular formula is C20H27N3O3. The largest absolute Gasteiger partial charge is 0.447 e. The highest BCUT2D eigenvalue weighted by Crippen LogP contribution is 2.32. The van der Waals surface area contributed by atoms with Crippen molar-refractivity contribution in [2.24, 2.45) is 0 Å². The number of ether oxygens (including phenoxy) is 1. The Morgan fingerprint density at radius 3 is 2.92 bits per heavy atom. The summed E-state index contributed by atoms with van der Waals surface area (Å²) in [6.45, 7) is 7.85. The Morgan fingerprint density at radius 2 is 2.12 bits per heavy atom. The van der Waals surface area contributed by atoms with Gasteiger partial charge in [0.15, 0.2) is 0 Å². The molecule has 3 heterocycles. The fraction of sp³-hybridized carbons (Fsp3) is 0.600. The van der Waals surface area contributed by atoms with Gasteiger partial charge in [-0.05, 0) is 37.8 Å². The van der Waals surface area contributed by atoms with Crippen molar-refractivity contribution in [1.29, 1.82) is 0 Å². The number of amides is 2. The summed E-state index contributed by atoms with van der Waals surface area (Å²) >= 11 is 0. The van der Waals surface area contributed by atoms with Crippen LogP contribution in [0.25, 0.3) is 0 Å². The van der Waals surface area contributed by atoms with Crippen molar-refractivity contribution in [3.63, 3.8) is 0 Å². The van der Waals surface area contributed by atoms with Crippen molar-refractivity contribution < 1.29 is 14.3 Å². The molecule has 1 aromatic carbocycles. The maximum absolute atomic E-state index is 13.0. The Hall–Kier alpha value is -2.08. The molecule has 6 nitrogen and oxygen atoms in total. The first kappa shape index (κ1) is 17.3. The van der Waals surface area contributed by atoms with Gasteiger partial charge in [0.05, 0.1) is 12.1 Å². The number of carbonyl (C=O) groups is 2. The van der Waals surface area contributed by atoms with Gasteiger partial charge in [0.25, 0.3) is 0 Å². The Labute approximate surface area is 154 Å². The third-order valence-corrected chi connectivity index (χ3v) is 6.09. The number of hydrogen-bond acceptors (Lipinski definition) is 4. The number of piperazine rings is 1. The molecule has 0 N–H and O–H groups in total. The van der Waals surface area contributed by atoms with E-state index in [9.17, 15) is 9.59 Å². The molecule has 0 aromatic heterocycles. The molecule has 0 bridgehead atoms. The third-order valence-electron chi connectivity index (χ3n) is 6.09. The van der Waals surface area contributed by atoms with Gasteiger partial charge in [0.1, 0.15) is 6.61 Å². The van der Waals surface area contributed by atoms with Crippen LogP contribution in [0.1, 0.15) is 30.9 Å². The molecule has 6 heteroatoms. The first-order valence-corrected chi connectivity index (χ1v) is 9.59. The molecule has 0 spiro atoms. The van der Waals surface area contributed by atoms with Gasteiger partial charge in [-0.3, -0.25) is 14.6 Å². The smallest absolute Gasteiger partial charge is 0.410 e. The second kappa shape index (κ2) is 6.58. The summed E-state index contributed by atoms with van der Waals surface area (Å²) in [4.78, 5) is 30.9. The Balaban J connectivity index is 1.47. The first-order chi connectivity index (χ1) is 12.5. The molecule has 3 aliphatic rings. The van der Waals surface area contributed by atoms with Gasteiger partial charge >= 0.3 is 6.09 Å². The minimum Gasteiger partial charge on any atom is -0.447 e. The molecule has 0 radical (unpaired) electrons. The third kappa shape index (κ3) is 2.86. The summed E-state index contributed by atoms with van der Waals surface area (Å²) in [7, 11) is 0. The summed E-state index contributed by atoms with van der Waals surface area (Å²) in [5, 5.41) is 0. The van der Waals surface area contributed by atoms with Crippen molar-refractivity contribution in [2.45, 2.75) is 38.6 Å². The quantitative estimate of drug-likeness (QED) is 0.832. The average Bonchev–Trinajstić information content (AvgIpc) is 2.97. The van der Waals surface area contributed by atoms with Crippen molar-refractivity contribution in [3.05, 3.63) is 29.3 Å². The van der Waals surface area contributed by atoms with Crippen LogP contribution in [0.5, 0.6) is 0 Å². The number of fused-ring (bicyclic) bond motifs is 2. The number of cyclic esters (lactones) is 1. The van der Waals surface area contributed by atoms with Crippen LogP contribution in [-0.2, 0) is 16.0 Å². The second-order valence-electron chi connectivity index (χ2n) is 7.78. The standard InChI is InChI=1S/C20H27N3O3/c1-3-20-13-21(9-10-23(20)19(25)26-14-20)12-18(24)22-8-4-5-16-11-15(2)6-7-17(16)22/h6-7,11H,3-5,8-10,12-14H2,1-2H3. The fourth-order valence-corrected chi connectivity index (χ4v) is 4.54. The monoisotopic (exact) mass is 357 g/mol. The predicted octanol–water partition coefficient (Wildman–Crippen LogP) is 2.19. The summed E-state index contributed by atoms with van der Waals surface area (Å²) in [6, 6.07) is 6.36. The van der Waals surface area contributed by atoms with Gasteiger partial charge in [-0.15, -0.1) is 0 Å². The van der Waals surface area contributed by atoms with Crippen molar-refractivity contribution in [2.75, 3.05) is 44.2 Å². The molecule has 2 saturated heterocycles. The van der Waals surface area contributed by atoms with E-state index in [-0.39, 0.29) is 17.5 Å². The number of rotatable bonds is 3. The predicted molar refractivity (Wildman–Crippen MR) is 99.4 cm³/mol. The molecule has 1 aromatic rings. The van der Waals surface area contributed by atoms with Crippen LogP contribution in [0.3, 0.4) is 0 Å². The van der Waals surface area contributed by atoms with E-state index >= 15 is 0 Å². The van der Waals surface area contributed by atoms with Crippen LogP contribution in [0.2, 0.25) is 0 Å². The van der Waals surface area contributed by atoms with Crippen molar-refractivity contribution in [1.82, 2.24) is 9.80 Å². The normalized spacial score (nSPS) is 25.7. The van der Waals surface area contributed by atoms with E-state index in [0.29, 0.717) is 26.2 Å². The first-order valence-electron chi connectivity index (χ1n) is 9.59. The number of nitrogens with zero attached hydrogens (tertiary/aromatic N) is 3. The van der Waals surface area contributed by atoms with Gasteiger partial charge in [0, 0.05) is 31.9 Å². The molecule has 3 aliphatic heterocycles. The summed E-state index contributed by atoms with van der Waals surface area (Å²) in [6.07, 6.45) is 2.68. The zero-order chi connectivity index (χ0) is 18.3. The number of hydrogen-bond donors (Lipinski definition) is 0. The van der Waals surface area contributed by atoms with E-state index in [1.807, 2.05) is 9.80 Å². The van der Waals surface area contributed by atoms with E-state index in [0.717, 1.165) is 38.0 Å². The summed E-state index contributed by atoms with van der Waals surface area (Å²) in [5.41, 5.74) is 3.31. The summed E-state index contributed by atoms with van der Waals surface area (Å²) in [5.74, 6) is 0.153. The fourth-order valence-electron chi connectivity index (χ4n) is 4.54. The number of anilines is 1. The highest BCUT2D eigenvalue weighted by molar-refractivity contribution is 5.96. The molecule has 2 fully saturated rings. The Kier molecular flexibility index (Phi) is 4.39. The van der Waals surface area contributed by atoms with Crippen molar-refractivity contribution >= 4 is 17.7 Å². The Bertz CT molecular complexity index is 735. The van der Waals surface area contributed by atoms with Crippen LogP contribution in [0.15, 0.2) is 18.2 Å². The maximum Gasteiger partial charge on any atom is 0.410 e. The molecule has 0 saturated carbocycles. The molecule has 1 unspecified atom stereocenters. The zero-order valence-electron chi connectivity index (χ0n) is 15.7. The minimum atomic E-state index is -0.271. The van der Waals surface area contributed by atoms with Gasteiger partial charge in [-0.2, -0.15) is 0 Å². The van der Waals surface area contributed by atoms with E-state index < -0.39 is 0 Å². The Morgan fingerprint density at radius 1 is 1.27 bits per heavy atom. The highest BCUT2D eigenvalue weighted by Gasteiger charge is 2.49. The van der Waals surface area contributed by atoms with E-state index in [1.165, 1.54) is 11.1 Å². The lowest BCUT2D eigenvalue weighted by Gasteiger charge is -2.44. The maximum atomic E-state index is 13.0. The van der Waals surface area contributed by atoms with Crippen LogP contribution in [-0.4, -0.2) is 66.7 Å². The number of benzene rings is 1. The lowest BCUT2D eigenvalue weighted by molar-refractivity contribution is -0.120. The van der Waals surface area contributed by atoms with E-state index in [1.54, 1.807) is 0 Å². The highest BCUT2D eigenvalue weighted by atomic mass is 16.6. The lowest BCUT2D eigenvalue weighted by Crippen LogP contribution is -2.62. The molecule has 2 amide bonds. The molecule has 4 rings (SSSR count). The van der Waals surface area contributed by atoms with Gasteiger partial charge < -0.3 is 9.64 Å².